The van der Waals surface area contributed by atoms with E-state index >= 15 is 0 Å². The first-order valence-electron chi connectivity index (χ1n) is 5.94. The van der Waals surface area contributed by atoms with Crippen molar-refractivity contribution in [2.45, 2.75) is 13.0 Å². The Bertz CT molecular complexity index is 581. The molecule has 0 saturated carbocycles. The molecule has 2 rings (SSSR count). The van der Waals surface area contributed by atoms with E-state index in [1.54, 1.807) is 31.2 Å². The van der Waals surface area contributed by atoms with Crippen LogP contribution in [0.3, 0.4) is 0 Å². The summed E-state index contributed by atoms with van der Waals surface area (Å²) in [5.74, 6) is -0.133. The summed E-state index contributed by atoms with van der Waals surface area (Å²) >= 11 is 5.74. The molecular formula is C15H12ClFO3. The van der Waals surface area contributed by atoms with Gasteiger partial charge in [0.25, 0.3) is 0 Å². The number of carbonyl (C=O) groups excluding carboxylic acids is 1. The Labute approximate surface area is 120 Å². The summed E-state index contributed by atoms with van der Waals surface area (Å²) in [4.78, 5) is 11.8. The van der Waals surface area contributed by atoms with Crippen molar-refractivity contribution < 1.29 is 18.7 Å². The fourth-order valence-corrected chi connectivity index (χ4v) is 1.59. The van der Waals surface area contributed by atoms with Crippen LogP contribution in [0.5, 0.6) is 11.5 Å². The van der Waals surface area contributed by atoms with Crippen molar-refractivity contribution in [1.29, 1.82) is 0 Å². The molecular weight excluding hydrogens is 283 g/mol. The highest BCUT2D eigenvalue weighted by Gasteiger charge is 2.17. The van der Waals surface area contributed by atoms with E-state index in [4.69, 9.17) is 21.1 Å². The summed E-state index contributed by atoms with van der Waals surface area (Å²) in [5.41, 5.74) is 0. The summed E-state index contributed by atoms with van der Waals surface area (Å²) in [6, 6.07) is 11.8. The third kappa shape index (κ3) is 3.96. The van der Waals surface area contributed by atoms with E-state index in [1.165, 1.54) is 24.3 Å². The van der Waals surface area contributed by atoms with Crippen LogP contribution in [0.2, 0.25) is 5.02 Å². The molecule has 0 aliphatic rings. The second-order valence-corrected chi connectivity index (χ2v) is 4.53. The van der Waals surface area contributed by atoms with Gasteiger partial charge in [-0.05, 0) is 55.5 Å². The van der Waals surface area contributed by atoms with Crippen LogP contribution in [0.1, 0.15) is 6.92 Å². The minimum Gasteiger partial charge on any atom is -0.479 e. The monoisotopic (exact) mass is 294 g/mol. The number of halogens is 2. The zero-order chi connectivity index (χ0) is 14.5. The van der Waals surface area contributed by atoms with Crippen LogP contribution in [0, 0.1) is 5.82 Å². The molecule has 20 heavy (non-hydrogen) atoms. The fourth-order valence-electron chi connectivity index (χ4n) is 1.47. The normalized spacial score (nSPS) is 11.8. The first kappa shape index (κ1) is 14.3. The van der Waals surface area contributed by atoms with Gasteiger partial charge in [0.1, 0.15) is 17.3 Å². The highest BCUT2D eigenvalue weighted by molar-refractivity contribution is 6.30. The molecule has 0 unspecified atom stereocenters. The van der Waals surface area contributed by atoms with E-state index in [2.05, 4.69) is 0 Å². The van der Waals surface area contributed by atoms with Crippen LogP contribution in [0.15, 0.2) is 48.5 Å². The van der Waals surface area contributed by atoms with Crippen LogP contribution in [0.4, 0.5) is 4.39 Å². The van der Waals surface area contributed by atoms with Crippen LogP contribution in [-0.4, -0.2) is 12.1 Å². The standard InChI is InChI=1S/C15H12ClFO3/c1-10(19-13-8-4-12(17)5-9-13)15(18)20-14-6-2-11(16)3-7-14/h2-10H,1H3/t10-/m1/s1. The zero-order valence-corrected chi connectivity index (χ0v) is 11.4. The Kier molecular flexibility index (Phi) is 4.58. The second kappa shape index (κ2) is 6.39. The summed E-state index contributed by atoms with van der Waals surface area (Å²) < 4.78 is 23.2. The molecule has 0 bridgehead atoms. The highest BCUT2D eigenvalue weighted by Crippen LogP contribution is 2.17. The van der Waals surface area contributed by atoms with Crippen LogP contribution < -0.4 is 9.47 Å². The van der Waals surface area contributed by atoms with Gasteiger partial charge in [0.2, 0.25) is 0 Å². The molecule has 0 aliphatic heterocycles. The molecule has 2 aromatic rings. The van der Waals surface area contributed by atoms with Crippen molar-refractivity contribution in [1.82, 2.24) is 0 Å². The van der Waals surface area contributed by atoms with E-state index in [0.29, 0.717) is 16.5 Å². The summed E-state index contributed by atoms with van der Waals surface area (Å²) in [5, 5.41) is 0.556. The Morgan fingerprint density at radius 2 is 1.60 bits per heavy atom. The predicted octanol–water partition coefficient (Wildman–Crippen LogP) is 3.85. The lowest BCUT2D eigenvalue weighted by molar-refractivity contribution is -0.141. The van der Waals surface area contributed by atoms with E-state index < -0.39 is 12.1 Å². The van der Waals surface area contributed by atoms with Crippen LogP contribution >= 0.6 is 11.6 Å². The molecule has 0 aliphatic carbocycles. The van der Waals surface area contributed by atoms with Gasteiger partial charge in [-0.1, -0.05) is 11.6 Å². The zero-order valence-electron chi connectivity index (χ0n) is 10.7. The smallest absolute Gasteiger partial charge is 0.352 e. The lowest BCUT2D eigenvalue weighted by atomic mass is 10.3. The van der Waals surface area contributed by atoms with Crippen molar-refractivity contribution >= 4 is 17.6 Å². The molecule has 0 radical (unpaired) electrons. The van der Waals surface area contributed by atoms with Crippen LogP contribution in [-0.2, 0) is 4.79 Å². The second-order valence-electron chi connectivity index (χ2n) is 4.09. The Morgan fingerprint density at radius 1 is 1.05 bits per heavy atom. The Morgan fingerprint density at radius 3 is 2.20 bits per heavy atom. The van der Waals surface area contributed by atoms with Gasteiger partial charge in [0.05, 0.1) is 0 Å². The third-order valence-corrected chi connectivity index (χ3v) is 2.74. The van der Waals surface area contributed by atoms with Crippen molar-refractivity contribution in [3.8, 4) is 11.5 Å². The van der Waals surface area contributed by atoms with Crippen LogP contribution in [0.25, 0.3) is 0 Å². The van der Waals surface area contributed by atoms with Gasteiger partial charge in [-0.3, -0.25) is 0 Å². The lowest BCUT2D eigenvalue weighted by Gasteiger charge is -2.13. The SMILES string of the molecule is C[C@@H](Oc1ccc(F)cc1)C(=O)Oc1ccc(Cl)cc1. The van der Waals surface area contributed by atoms with Crippen molar-refractivity contribution in [2.75, 3.05) is 0 Å². The number of benzene rings is 2. The average molecular weight is 295 g/mol. The van der Waals surface area contributed by atoms with Gasteiger partial charge >= 0.3 is 5.97 Å². The number of hydrogen-bond acceptors (Lipinski definition) is 3. The summed E-state index contributed by atoms with van der Waals surface area (Å²) in [7, 11) is 0. The molecule has 0 amide bonds. The summed E-state index contributed by atoms with van der Waals surface area (Å²) in [6.07, 6.45) is -0.809. The lowest BCUT2D eigenvalue weighted by Crippen LogP contribution is -2.28. The molecule has 104 valence electrons. The molecule has 0 aromatic heterocycles. The molecule has 1 atom stereocenters. The molecule has 5 heteroatoms. The number of rotatable bonds is 4. The maximum Gasteiger partial charge on any atom is 0.352 e. The van der Waals surface area contributed by atoms with Crippen molar-refractivity contribution in [3.05, 3.63) is 59.4 Å². The van der Waals surface area contributed by atoms with Gasteiger partial charge in [-0.15, -0.1) is 0 Å². The first-order valence-corrected chi connectivity index (χ1v) is 6.32. The molecule has 3 nitrogen and oxygen atoms in total. The molecule has 0 spiro atoms. The summed E-state index contributed by atoms with van der Waals surface area (Å²) in [6.45, 7) is 1.56. The highest BCUT2D eigenvalue weighted by atomic mass is 35.5. The largest absolute Gasteiger partial charge is 0.479 e. The predicted molar refractivity (Wildman–Crippen MR) is 73.6 cm³/mol. The maximum absolute atomic E-state index is 12.7. The average Bonchev–Trinajstić information content (AvgIpc) is 2.44. The van der Waals surface area contributed by atoms with Crippen molar-refractivity contribution in [3.63, 3.8) is 0 Å². The maximum atomic E-state index is 12.7. The fraction of sp³-hybridized carbons (Fsp3) is 0.133. The number of hydrogen-bond donors (Lipinski definition) is 0. The van der Waals surface area contributed by atoms with Gasteiger partial charge in [-0.2, -0.15) is 0 Å². The third-order valence-electron chi connectivity index (χ3n) is 2.49. The number of esters is 1. The van der Waals surface area contributed by atoms with E-state index in [-0.39, 0.29) is 5.82 Å². The van der Waals surface area contributed by atoms with E-state index in [1.807, 2.05) is 0 Å². The van der Waals surface area contributed by atoms with Gasteiger partial charge in [0, 0.05) is 5.02 Å². The Hall–Kier alpha value is -2.07. The quantitative estimate of drug-likeness (QED) is 0.634. The molecule has 0 N–H and O–H groups in total. The molecule has 0 heterocycles. The van der Waals surface area contributed by atoms with Gasteiger partial charge < -0.3 is 9.47 Å². The molecule has 0 saturated heterocycles. The molecule has 0 fully saturated rings. The Balaban J connectivity index is 1.94. The molecule has 2 aromatic carbocycles. The van der Waals surface area contributed by atoms with Gasteiger partial charge in [0.15, 0.2) is 6.10 Å². The van der Waals surface area contributed by atoms with E-state index in [0.717, 1.165) is 0 Å². The van der Waals surface area contributed by atoms with Crippen molar-refractivity contribution in [2.24, 2.45) is 0 Å². The minimum absolute atomic E-state index is 0.367. The minimum atomic E-state index is -0.809. The first-order chi connectivity index (χ1) is 9.54. The number of carbonyl (C=O) groups is 1. The van der Waals surface area contributed by atoms with E-state index in [9.17, 15) is 9.18 Å². The number of ether oxygens (including phenoxy) is 2. The van der Waals surface area contributed by atoms with Gasteiger partial charge in [-0.25, -0.2) is 9.18 Å². The topological polar surface area (TPSA) is 35.5 Å².